The van der Waals surface area contributed by atoms with Gasteiger partial charge in [-0.25, -0.2) is 0 Å². The van der Waals surface area contributed by atoms with Crippen molar-refractivity contribution in [1.82, 2.24) is 15.5 Å². The van der Waals surface area contributed by atoms with Crippen molar-refractivity contribution in [2.45, 2.75) is 33.7 Å². The molecule has 0 spiro atoms. The van der Waals surface area contributed by atoms with Gasteiger partial charge in [-0.2, -0.15) is 0 Å². The van der Waals surface area contributed by atoms with E-state index in [-0.39, 0.29) is 29.4 Å². The molecule has 1 unspecified atom stereocenters. The highest BCUT2D eigenvalue weighted by Gasteiger charge is 2.33. The maximum Gasteiger partial charge on any atom is 0.191 e. The van der Waals surface area contributed by atoms with Gasteiger partial charge in [0.1, 0.15) is 0 Å². The van der Waals surface area contributed by atoms with Gasteiger partial charge in [-0.15, -0.1) is 24.0 Å². The number of halogens is 1. The van der Waals surface area contributed by atoms with Crippen molar-refractivity contribution in [3.8, 4) is 0 Å². The van der Waals surface area contributed by atoms with Gasteiger partial charge in [0.25, 0.3) is 0 Å². The molecule has 142 valence electrons. The number of rotatable bonds is 7. The second-order valence-electron chi connectivity index (χ2n) is 7.34. The first-order valence-electron chi connectivity index (χ1n) is 8.96. The molecule has 0 aromatic carbocycles. The van der Waals surface area contributed by atoms with Crippen LogP contribution in [0.1, 0.15) is 27.7 Å². The summed E-state index contributed by atoms with van der Waals surface area (Å²) < 4.78 is 10.8. The first kappa shape index (κ1) is 21.9. The third-order valence-electron chi connectivity index (χ3n) is 4.63. The Morgan fingerprint density at radius 3 is 2.33 bits per heavy atom. The summed E-state index contributed by atoms with van der Waals surface area (Å²) >= 11 is 0. The standard InChI is InChI=1S/C17H34N4O2.HI/c1-5-18-16(20-11-17(4)12-23-13-17)19-10-15(14(2)3)21-6-8-22-9-7-21;/h14-15H,5-13H2,1-4H3,(H2,18,19,20);1H. The van der Waals surface area contributed by atoms with Gasteiger partial charge in [0, 0.05) is 37.6 Å². The Morgan fingerprint density at radius 1 is 1.17 bits per heavy atom. The van der Waals surface area contributed by atoms with Gasteiger partial charge < -0.3 is 20.1 Å². The van der Waals surface area contributed by atoms with Crippen LogP contribution in [-0.4, -0.2) is 76.1 Å². The molecule has 6 nitrogen and oxygen atoms in total. The zero-order valence-corrected chi connectivity index (χ0v) is 18.0. The van der Waals surface area contributed by atoms with Crippen LogP contribution in [0, 0.1) is 11.3 Å². The van der Waals surface area contributed by atoms with E-state index in [1.807, 2.05) is 0 Å². The van der Waals surface area contributed by atoms with E-state index < -0.39 is 0 Å². The molecule has 2 heterocycles. The van der Waals surface area contributed by atoms with Crippen molar-refractivity contribution >= 4 is 29.9 Å². The second-order valence-corrected chi connectivity index (χ2v) is 7.34. The lowest BCUT2D eigenvalue weighted by Gasteiger charge is -2.38. The fourth-order valence-corrected chi connectivity index (χ4v) is 3.05. The van der Waals surface area contributed by atoms with E-state index in [4.69, 9.17) is 14.5 Å². The zero-order chi connectivity index (χ0) is 16.7. The van der Waals surface area contributed by atoms with Crippen molar-refractivity contribution in [3.05, 3.63) is 0 Å². The molecular weight excluding hydrogens is 419 g/mol. The zero-order valence-electron chi connectivity index (χ0n) is 15.6. The highest BCUT2D eigenvalue weighted by Crippen LogP contribution is 2.26. The molecule has 2 rings (SSSR count). The minimum absolute atomic E-state index is 0. The Morgan fingerprint density at radius 2 is 1.83 bits per heavy atom. The third-order valence-corrected chi connectivity index (χ3v) is 4.63. The first-order valence-corrected chi connectivity index (χ1v) is 8.96. The quantitative estimate of drug-likeness (QED) is 0.348. The van der Waals surface area contributed by atoms with Crippen molar-refractivity contribution in [1.29, 1.82) is 0 Å². The van der Waals surface area contributed by atoms with Crippen molar-refractivity contribution in [2.75, 3.05) is 59.2 Å². The van der Waals surface area contributed by atoms with Gasteiger partial charge in [0.15, 0.2) is 5.96 Å². The lowest BCUT2D eigenvalue weighted by atomic mass is 9.89. The predicted molar refractivity (Wildman–Crippen MR) is 109 cm³/mol. The number of aliphatic imine (C=N–C) groups is 1. The van der Waals surface area contributed by atoms with Crippen LogP contribution >= 0.6 is 24.0 Å². The summed E-state index contributed by atoms with van der Waals surface area (Å²) in [6, 6.07) is 0.505. The van der Waals surface area contributed by atoms with Gasteiger partial charge >= 0.3 is 0 Å². The second kappa shape index (κ2) is 10.8. The number of hydrogen-bond donors (Lipinski definition) is 2. The average molecular weight is 454 g/mol. The maximum atomic E-state index is 5.48. The van der Waals surface area contributed by atoms with E-state index in [0.29, 0.717) is 12.0 Å². The molecule has 0 bridgehead atoms. The Labute approximate surface area is 164 Å². The molecule has 0 aromatic rings. The fraction of sp³-hybridized carbons (Fsp3) is 0.941. The van der Waals surface area contributed by atoms with E-state index in [1.54, 1.807) is 0 Å². The maximum absolute atomic E-state index is 5.48. The molecule has 0 amide bonds. The number of guanidine groups is 1. The molecule has 0 saturated carbocycles. The smallest absolute Gasteiger partial charge is 0.191 e. The Hall–Kier alpha value is -0.120. The van der Waals surface area contributed by atoms with Crippen LogP contribution in [0.15, 0.2) is 4.99 Å². The number of hydrogen-bond acceptors (Lipinski definition) is 4. The lowest BCUT2D eigenvalue weighted by Crippen LogP contribution is -2.53. The Kier molecular flexibility index (Phi) is 9.84. The Bertz CT molecular complexity index is 383. The van der Waals surface area contributed by atoms with Gasteiger partial charge in [-0.05, 0) is 12.8 Å². The first-order chi connectivity index (χ1) is 11.0. The topological polar surface area (TPSA) is 58.1 Å². The highest BCUT2D eigenvalue weighted by atomic mass is 127. The SMILES string of the molecule is CCNC(=NCC1(C)COC1)NCC(C(C)C)N1CCOCC1.I. The minimum atomic E-state index is 0. The normalized spacial score (nSPS) is 22.5. The molecule has 2 N–H and O–H groups in total. The van der Waals surface area contributed by atoms with E-state index in [9.17, 15) is 0 Å². The molecular formula is C17H35IN4O2. The summed E-state index contributed by atoms with van der Waals surface area (Å²) in [4.78, 5) is 7.29. The molecule has 1 atom stereocenters. The van der Waals surface area contributed by atoms with E-state index in [1.165, 1.54) is 0 Å². The minimum Gasteiger partial charge on any atom is -0.380 e. The summed E-state index contributed by atoms with van der Waals surface area (Å²) in [7, 11) is 0. The molecule has 2 aliphatic heterocycles. The summed E-state index contributed by atoms with van der Waals surface area (Å²) in [6.45, 7) is 16.9. The number of ether oxygens (including phenoxy) is 2. The largest absolute Gasteiger partial charge is 0.380 e. The van der Waals surface area contributed by atoms with Gasteiger partial charge in [-0.3, -0.25) is 9.89 Å². The molecule has 24 heavy (non-hydrogen) atoms. The molecule has 0 aromatic heterocycles. The molecule has 2 aliphatic rings. The third kappa shape index (κ3) is 6.65. The highest BCUT2D eigenvalue weighted by molar-refractivity contribution is 14.0. The lowest BCUT2D eigenvalue weighted by molar-refractivity contribution is -0.0945. The van der Waals surface area contributed by atoms with Gasteiger partial charge in [0.05, 0.1) is 33.0 Å². The fourth-order valence-electron chi connectivity index (χ4n) is 3.05. The van der Waals surface area contributed by atoms with Crippen LogP contribution in [-0.2, 0) is 9.47 Å². The van der Waals surface area contributed by atoms with Crippen LogP contribution in [0.4, 0.5) is 0 Å². The summed E-state index contributed by atoms with van der Waals surface area (Å²) in [6.07, 6.45) is 0. The monoisotopic (exact) mass is 454 g/mol. The number of nitrogens with one attached hydrogen (secondary N) is 2. The molecule has 0 radical (unpaired) electrons. The van der Waals surface area contributed by atoms with Crippen LogP contribution in [0.5, 0.6) is 0 Å². The van der Waals surface area contributed by atoms with Crippen LogP contribution in [0.2, 0.25) is 0 Å². The van der Waals surface area contributed by atoms with Crippen LogP contribution in [0.3, 0.4) is 0 Å². The number of morpholine rings is 1. The molecule has 0 aliphatic carbocycles. The van der Waals surface area contributed by atoms with E-state index in [0.717, 1.165) is 65.1 Å². The predicted octanol–water partition coefficient (Wildman–Crippen LogP) is 1.55. The average Bonchev–Trinajstić information content (AvgIpc) is 2.51. The van der Waals surface area contributed by atoms with Crippen LogP contribution < -0.4 is 10.6 Å². The summed E-state index contributed by atoms with van der Waals surface area (Å²) in [5.74, 6) is 1.51. The molecule has 2 fully saturated rings. The summed E-state index contributed by atoms with van der Waals surface area (Å²) in [5.41, 5.74) is 0.212. The van der Waals surface area contributed by atoms with Gasteiger partial charge in [0.2, 0.25) is 0 Å². The van der Waals surface area contributed by atoms with E-state index in [2.05, 4.69) is 43.2 Å². The molecule has 2 saturated heterocycles. The van der Waals surface area contributed by atoms with Gasteiger partial charge in [-0.1, -0.05) is 20.8 Å². The Balaban J connectivity index is 0.00000288. The van der Waals surface area contributed by atoms with Crippen molar-refractivity contribution < 1.29 is 9.47 Å². The number of nitrogens with zero attached hydrogens (tertiary/aromatic N) is 2. The van der Waals surface area contributed by atoms with Crippen molar-refractivity contribution in [3.63, 3.8) is 0 Å². The van der Waals surface area contributed by atoms with Crippen molar-refractivity contribution in [2.24, 2.45) is 16.3 Å². The van der Waals surface area contributed by atoms with E-state index >= 15 is 0 Å². The van der Waals surface area contributed by atoms with Crippen LogP contribution in [0.25, 0.3) is 0 Å². The molecule has 7 heteroatoms. The summed E-state index contributed by atoms with van der Waals surface area (Å²) in [5, 5.41) is 6.89.